The molecule has 1 fully saturated rings. The van der Waals surface area contributed by atoms with Crippen LogP contribution in [0.15, 0.2) is 66.7 Å². The van der Waals surface area contributed by atoms with Crippen LogP contribution in [0.4, 0.5) is 17.1 Å². The van der Waals surface area contributed by atoms with Gasteiger partial charge in [-0.15, -0.1) is 0 Å². The van der Waals surface area contributed by atoms with Gasteiger partial charge < -0.3 is 19.7 Å². The molecule has 3 aliphatic heterocycles. The summed E-state index contributed by atoms with van der Waals surface area (Å²) in [5, 5.41) is 3.69. The van der Waals surface area contributed by atoms with E-state index in [9.17, 15) is 4.79 Å². The van der Waals surface area contributed by atoms with Gasteiger partial charge in [-0.05, 0) is 68.8 Å². The third kappa shape index (κ3) is 5.94. The Morgan fingerprint density at radius 3 is 2.46 bits per heavy atom. The number of benzene rings is 3. The van der Waals surface area contributed by atoms with E-state index in [-0.39, 0.29) is 17.5 Å². The number of anilines is 3. The van der Waals surface area contributed by atoms with Crippen molar-refractivity contribution in [2.75, 3.05) is 56.2 Å². The summed E-state index contributed by atoms with van der Waals surface area (Å²) in [6, 6.07) is 19.4. The van der Waals surface area contributed by atoms with E-state index in [1.54, 1.807) is 18.2 Å². The molecule has 7 nitrogen and oxygen atoms in total. The van der Waals surface area contributed by atoms with E-state index in [2.05, 4.69) is 77.2 Å². The predicted molar refractivity (Wildman–Crippen MR) is 166 cm³/mol. The van der Waals surface area contributed by atoms with Gasteiger partial charge in [-0.2, -0.15) is 0 Å². The Labute approximate surface area is 247 Å². The van der Waals surface area contributed by atoms with Crippen molar-refractivity contribution in [3.8, 4) is 11.5 Å². The van der Waals surface area contributed by atoms with E-state index in [4.69, 9.17) is 21.1 Å². The van der Waals surface area contributed by atoms with Crippen molar-refractivity contribution < 1.29 is 14.3 Å². The highest BCUT2D eigenvalue weighted by atomic mass is 35.5. The summed E-state index contributed by atoms with van der Waals surface area (Å²) in [6.07, 6.45) is 4.48. The maximum atomic E-state index is 13.2. The highest BCUT2D eigenvalue weighted by Gasteiger charge is 2.31. The molecule has 1 amide bonds. The zero-order chi connectivity index (χ0) is 28.6. The van der Waals surface area contributed by atoms with Crippen LogP contribution in [0, 0.1) is 0 Å². The number of carbonyl (C=O) groups excluding carboxylic acids is 1. The molecule has 0 radical (unpaired) electrons. The van der Waals surface area contributed by atoms with Crippen molar-refractivity contribution in [1.29, 1.82) is 0 Å². The number of nitrogens with one attached hydrogen (secondary N) is 1. The molecule has 41 heavy (non-hydrogen) atoms. The van der Waals surface area contributed by atoms with Crippen molar-refractivity contribution in [2.45, 2.75) is 32.4 Å². The number of carbonyl (C=O) groups is 1. The lowest BCUT2D eigenvalue weighted by molar-refractivity contribution is 0.0615. The second kappa shape index (κ2) is 11.4. The fourth-order valence-corrected chi connectivity index (χ4v) is 6.02. The second-order valence-corrected chi connectivity index (χ2v) is 12.2. The summed E-state index contributed by atoms with van der Waals surface area (Å²) in [4.78, 5) is 20.6. The number of amides is 1. The van der Waals surface area contributed by atoms with Gasteiger partial charge in [0.2, 0.25) is 0 Å². The molecule has 1 atom stereocenters. The Bertz CT molecular complexity index is 1460. The minimum absolute atomic E-state index is 0.0901. The fourth-order valence-electron chi connectivity index (χ4n) is 5.81. The maximum Gasteiger partial charge on any atom is 0.255 e. The molecule has 0 spiro atoms. The molecule has 1 unspecified atom stereocenters. The minimum Gasteiger partial charge on any atom is -0.486 e. The molecule has 3 aliphatic rings. The van der Waals surface area contributed by atoms with Crippen LogP contribution in [0.3, 0.4) is 0 Å². The average molecular weight is 573 g/mol. The van der Waals surface area contributed by atoms with Gasteiger partial charge in [-0.1, -0.05) is 42.0 Å². The van der Waals surface area contributed by atoms with Crippen LogP contribution in [0.5, 0.6) is 11.5 Å². The lowest BCUT2D eigenvalue weighted by Crippen LogP contribution is -2.55. The smallest absolute Gasteiger partial charge is 0.255 e. The number of rotatable bonds is 5. The van der Waals surface area contributed by atoms with Crippen LogP contribution < -0.4 is 19.7 Å². The summed E-state index contributed by atoms with van der Waals surface area (Å²) >= 11 is 6.88. The largest absolute Gasteiger partial charge is 0.486 e. The summed E-state index contributed by atoms with van der Waals surface area (Å²) in [5.74, 6) is 1.02. The van der Waals surface area contributed by atoms with Crippen LogP contribution in [0.1, 0.15) is 36.7 Å². The Morgan fingerprint density at radius 1 is 0.927 bits per heavy atom. The molecule has 214 valence electrons. The SMILES string of the molecule is CC(C)(C)N1CCN(CC2C=Cc3ccccc3N2c2cc(NC(=O)c3ccc4c(c3)OCCO4)ccc2Cl)CC1. The first kappa shape index (κ1) is 27.6. The van der Waals surface area contributed by atoms with E-state index >= 15 is 0 Å². The highest BCUT2D eigenvalue weighted by molar-refractivity contribution is 6.33. The third-order valence-electron chi connectivity index (χ3n) is 8.06. The first-order valence-corrected chi connectivity index (χ1v) is 14.7. The van der Waals surface area contributed by atoms with Gasteiger partial charge in [-0.25, -0.2) is 0 Å². The number of nitrogens with zero attached hydrogens (tertiary/aromatic N) is 3. The monoisotopic (exact) mass is 572 g/mol. The quantitative estimate of drug-likeness (QED) is 0.386. The molecule has 3 aromatic carbocycles. The van der Waals surface area contributed by atoms with Crippen LogP contribution in [0.2, 0.25) is 5.02 Å². The molecular weight excluding hydrogens is 536 g/mol. The Balaban J connectivity index is 1.25. The van der Waals surface area contributed by atoms with E-state index in [1.165, 1.54) is 0 Å². The molecule has 3 heterocycles. The summed E-state index contributed by atoms with van der Waals surface area (Å²) in [7, 11) is 0. The van der Waals surface area contributed by atoms with Crippen LogP contribution in [0.25, 0.3) is 6.08 Å². The summed E-state index contributed by atoms with van der Waals surface area (Å²) in [5.41, 5.74) is 4.47. The molecule has 3 aromatic rings. The fraction of sp³-hybridized carbons (Fsp3) is 0.364. The zero-order valence-corrected chi connectivity index (χ0v) is 24.7. The maximum absolute atomic E-state index is 13.2. The number of ether oxygens (including phenoxy) is 2. The normalized spacial score (nSPS) is 19.1. The van der Waals surface area contributed by atoms with Crippen molar-refractivity contribution in [3.63, 3.8) is 0 Å². The van der Waals surface area contributed by atoms with Crippen molar-refractivity contribution >= 4 is 40.6 Å². The topological polar surface area (TPSA) is 57.3 Å². The lowest BCUT2D eigenvalue weighted by Gasteiger charge is -2.44. The van der Waals surface area contributed by atoms with Crippen molar-refractivity contribution in [3.05, 3.63) is 82.9 Å². The summed E-state index contributed by atoms with van der Waals surface area (Å²) in [6.45, 7) is 12.9. The van der Waals surface area contributed by atoms with E-state index < -0.39 is 0 Å². The Morgan fingerprint density at radius 2 is 1.68 bits per heavy atom. The first-order chi connectivity index (χ1) is 19.8. The zero-order valence-electron chi connectivity index (χ0n) is 23.9. The van der Waals surface area contributed by atoms with Gasteiger partial charge in [0.1, 0.15) is 13.2 Å². The molecule has 1 N–H and O–H groups in total. The molecule has 0 aromatic heterocycles. The molecule has 0 saturated carbocycles. The van der Waals surface area contributed by atoms with E-state index in [1.807, 2.05) is 18.2 Å². The van der Waals surface area contributed by atoms with Gasteiger partial charge in [0.25, 0.3) is 5.91 Å². The standard InChI is InChI=1S/C33H37ClN4O3/c1-33(2,3)37-16-14-36(15-17-37)22-26-11-8-23-6-4-5-7-28(23)38(26)29-21-25(10-12-27(29)34)35-32(39)24-9-13-30-31(20-24)41-19-18-40-30/h4-13,20-21,26H,14-19,22H2,1-3H3,(H,35,39). The number of piperazine rings is 1. The van der Waals surface area contributed by atoms with Crippen LogP contribution in [-0.2, 0) is 0 Å². The average Bonchev–Trinajstić information content (AvgIpc) is 2.98. The van der Waals surface area contributed by atoms with E-state index in [0.717, 1.165) is 49.7 Å². The van der Waals surface area contributed by atoms with Gasteiger partial charge in [0.15, 0.2) is 11.5 Å². The predicted octanol–water partition coefficient (Wildman–Crippen LogP) is 6.31. The van der Waals surface area contributed by atoms with Crippen molar-refractivity contribution in [1.82, 2.24) is 9.80 Å². The van der Waals surface area contributed by atoms with Crippen LogP contribution in [-0.4, -0.2) is 73.2 Å². The molecule has 1 saturated heterocycles. The van der Waals surface area contributed by atoms with Gasteiger partial charge in [0.05, 0.1) is 16.8 Å². The third-order valence-corrected chi connectivity index (χ3v) is 8.38. The highest BCUT2D eigenvalue weighted by Crippen LogP contribution is 2.41. The number of hydrogen-bond acceptors (Lipinski definition) is 6. The Hall–Kier alpha value is -3.52. The van der Waals surface area contributed by atoms with E-state index in [0.29, 0.717) is 41.0 Å². The minimum atomic E-state index is -0.220. The molecular formula is C33H37ClN4O3. The number of halogens is 1. The molecule has 0 aliphatic carbocycles. The number of para-hydroxylation sites is 1. The number of fused-ring (bicyclic) bond motifs is 2. The van der Waals surface area contributed by atoms with Gasteiger partial charge >= 0.3 is 0 Å². The van der Waals surface area contributed by atoms with Crippen molar-refractivity contribution in [2.24, 2.45) is 0 Å². The number of hydrogen-bond donors (Lipinski definition) is 1. The van der Waals surface area contributed by atoms with Gasteiger partial charge in [-0.3, -0.25) is 14.6 Å². The van der Waals surface area contributed by atoms with Crippen LogP contribution >= 0.6 is 11.6 Å². The second-order valence-electron chi connectivity index (χ2n) is 11.8. The summed E-state index contributed by atoms with van der Waals surface area (Å²) < 4.78 is 11.3. The first-order valence-electron chi connectivity index (χ1n) is 14.3. The van der Waals surface area contributed by atoms with Gasteiger partial charge in [0, 0.05) is 55.2 Å². The lowest BCUT2D eigenvalue weighted by atomic mass is 10.00. The molecule has 8 heteroatoms. The Kier molecular flexibility index (Phi) is 7.68. The molecule has 6 rings (SSSR count). The molecule has 0 bridgehead atoms.